The normalized spacial score (nSPS) is 15.1. The smallest absolute Gasteiger partial charge is 0.327 e. The van der Waals surface area contributed by atoms with Crippen molar-refractivity contribution in [1.29, 1.82) is 0 Å². The quantitative estimate of drug-likeness (QED) is 0.464. The van der Waals surface area contributed by atoms with Crippen LogP contribution in [-0.4, -0.2) is 60.3 Å². The minimum absolute atomic E-state index is 0.235. The topological polar surface area (TPSA) is 107 Å². The Kier molecular flexibility index (Phi) is 7.94. The summed E-state index contributed by atoms with van der Waals surface area (Å²) in [5.41, 5.74) is 6.45. The number of carbonyl (C=O) groups excluding carboxylic acids is 3. The third kappa shape index (κ3) is 6.78. The number of hydrogen-bond acceptors (Lipinski definition) is 6. The molecule has 1 aliphatic rings. The Balaban J connectivity index is 1.32. The highest BCUT2D eigenvalue weighted by Gasteiger charge is 2.19. The first kappa shape index (κ1) is 22.2. The number of para-hydroxylation sites is 1. The van der Waals surface area contributed by atoms with Gasteiger partial charge < -0.3 is 10.2 Å². The molecule has 1 saturated heterocycles. The van der Waals surface area contributed by atoms with Crippen molar-refractivity contribution < 1.29 is 14.4 Å². The average molecular weight is 425 g/mol. The minimum Gasteiger partial charge on any atom is -0.369 e. The van der Waals surface area contributed by atoms with Gasteiger partial charge in [0.05, 0.1) is 6.04 Å². The number of nitrogens with zero attached hydrogens (tertiary/aromatic N) is 3. The zero-order valence-corrected chi connectivity index (χ0v) is 17.6. The molecule has 9 heteroatoms. The highest BCUT2D eigenvalue weighted by atomic mass is 16.2. The second-order valence-corrected chi connectivity index (χ2v) is 7.40. The summed E-state index contributed by atoms with van der Waals surface area (Å²) in [6, 6.07) is 13.4. The molecule has 1 aromatic heterocycles. The highest BCUT2D eigenvalue weighted by Crippen LogP contribution is 2.15. The molecule has 0 bridgehead atoms. The molecule has 1 atom stereocenters. The van der Waals surface area contributed by atoms with Gasteiger partial charge in [-0.05, 0) is 30.7 Å². The predicted molar refractivity (Wildman–Crippen MR) is 117 cm³/mol. The minimum atomic E-state index is -0.916. The van der Waals surface area contributed by atoms with E-state index in [9.17, 15) is 14.4 Å². The maximum absolute atomic E-state index is 12.0. The van der Waals surface area contributed by atoms with Gasteiger partial charge >= 0.3 is 11.8 Å². The highest BCUT2D eigenvalue weighted by molar-refractivity contribution is 6.35. The van der Waals surface area contributed by atoms with Gasteiger partial charge in [0.2, 0.25) is 5.91 Å². The molecule has 9 nitrogen and oxygen atoms in total. The summed E-state index contributed by atoms with van der Waals surface area (Å²) < 4.78 is 0. The maximum Gasteiger partial charge on any atom is 0.327 e. The Labute approximate surface area is 181 Å². The molecule has 1 aromatic carbocycles. The molecule has 0 unspecified atom stereocenters. The van der Waals surface area contributed by atoms with Crippen LogP contribution in [0, 0.1) is 0 Å². The number of benzene rings is 1. The number of aromatic nitrogens is 1. The van der Waals surface area contributed by atoms with Crippen LogP contribution in [0.3, 0.4) is 0 Å². The number of hydrogen-bond donors (Lipinski definition) is 3. The van der Waals surface area contributed by atoms with Gasteiger partial charge in [-0.1, -0.05) is 24.3 Å². The Hall–Kier alpha value is -3.46. The molecule has 2 aromatic rings. The molecular weight excluding hydrogens is 396 g/mol. The fourth-order valence-corrected chi connectivity index (χ4v) is 3.35. The van der Waals surface area contributed by atoms with Gasteiger partial charge in [0, 0.05) is 57.2 Å². The summed E-state index contributed by atoms with van der Waals surface area (Å²) in [6.07, 6.45) is 3.48. The van der Waals surface area contributed by atoms with Crippen LogP contribution in [0.25, 0.3) is 0 Å². The molecule has 31 heavy (non-hydrogen) atoms. The van der Waals surface area contributed by atoms with Crippen molar-refractivity contribution in [3.8, 4) is 0 Å². The first-order valence-electron chi connectivity index (χ1n) is 10.3. The van der Waals surface area contributed by atoms with Crippen molar-refractivity contribution in [2.75, 3.05) is 37.6 Å². The van der Waals surface area contributed by atoms with E-state index < -0.39 is 11.8 Å². The monoisotopic (exact) mass is 424 g/mol. The molecule has 3 rings (SSSR count). The molecule has 1 fully saturated rings. The van der Waals surface area contributed by atoms with Gasteiger partial charge in [0.15, 0.2) is 0 Å². The van der Waals surface area contributed by atoms with E-state index in [0.29, 0.717) is 6.54 Å². The lowest BCUT2D eigenvalue weighted by Crippen LogP contribution is -2.50. The number of nitrogens with one attached hydrogen (secondary N) is 3. The molecule has 0 spiro atoms. The standard InChI is InChI=1S/C22H28N6O3/c1-17(18-6-5-10-23-16-18)24-21(30)22(31)26-25-20(29)9-11-27-12-14-28(15-13-27)19-7-3-2-4-8-19/h2-8,10,16-17H,9,11-15H2,1H3,(H,24,30)(H,25,29)(H,26,31)/t17-/m1/s1. The molecule has 2 heterocycles. The van der Waals surface area contributed by atoms with Gasteiger partial charge in [0.1, 0.15) is 0 Å². The van der Waals surface area contributed by atoms with Gasteiger partial charge in [-0.15, -0.1) is 0 Å². The Morgan fingerprint density at radius 2 is 1.71 bits per heavy atom. The Morgan fingerprint density at radius 3 is 2.39 bits per heavy atom. The molecule has 1 aliphatic heterocycles. The van der Waals surface area contributed by atoms with Crippen molar-refractivity contribution in [1.82, 2.24) is 26.1 Å². The Morgan fingerprint density at radius 1 is 0.968 bits per heavy atom. The second-order valence-electron chi connectivity index (χ2n) is 7.40. The third-order valence-electron chi connectivity index (χ3n) is 5.20. The molecule has 3 amide bonds. The van der Waals surface area contributed by atoms with Gasteiger partial charge in [-0.25, -0.2) is 0 Å². The summed E-state index contributed by atoms with van der Waals surface area (Å²) in [5, 5.41) is 2.57. The van der Waals surface area contributed by atoms with Crippen LogP contribution in [0.15, 0.2) is 54.9 Å². The summed E-state index contributed by atoms with van der Waals surface area (Å²) in [7, 11) is 0. The number of carbonyl (C=O) groups is 3. The van der Waals surface area contributed by atoms with E-state index in [-0.39, 0.29) is 18.4 Å². The number of amides is 3. The lowest BCUT2D eigenvalue weighted by atomic mass is 10.1. The molecule has 0 aliphatic carbocycles. The van der Waals surface area contributed by atoms with E-state index in [1.54, 1.807) is 31.5 Å². The average Bonchev–Trinajstić information content (AvgIpc) is 2.82. The van der Waals surface area contributed by atoms with Gasteiger partial charge in [0.25, 0.3) is 0 Å². The molecular formula is C22H28N6O3. The van der Waals surface area contributed by atoms with E-state index in [1.165, 1.54) is 5.69 Å². The molecule has 0 saturated carbocycles. The second kappa shape index (κ2) is 11.1. The van der Waals surface area contributed by atoms with Crippen molar-refractivity contribution in [3.05, 3.63) is 60.4 Å². The molecule has 3 N–H and O–H groups in total. The number of piperazine rings is 1. The fourth-order valence-electron chi connectivity index (χ4n) is 3.35. The molecule has 164 valence electrons. The van der Waals surface area contributed by atoms with E-state index >= 15 is 0 Å². The zero-order chi connectivity index (χ0) is 22.1. The maximum atomic E-state index is 12.0. The van der Waals surface area contributed by atoms with E-state index in [1.807, 2.05) is 18.2 Å². The fraction of sp³-hybridized carbons (Fsp3) is 0.364. The molecule has 0 radical (unpaired) electrons. The summed E-state index contributed by atoms with van der Waals surface area (Å²) in [5.74, 6) is -2.08. The third-order valence-corrected chi connectivity index (χ3v) is 5.20. The number of pyridine rings is 1. The van der Waals surface area contributed by atoms with Crippen LogP contribution in [0.4, 0.5) is 5.69 Å². The van der Waals surface area contributed by atoms with Crippen molar-refractivity contribution in [2.24, 2.45) is 0 Å². The summed E-state index contributed by atoms with van der Waals surface area (Å²) in [4.78, 5) is 44.5. The van der Waals surface area contributed by atoms with Crippen LogP contribution >= 0.6 is 0 Å². The van der Waals surface area contributed by atoms with Crippen molar-refractivity contribution in [2.45, 2.75) is 19.4 Å². The Bertz CT molecular complexity index is 869. The number of rotatable bonds is 6. The first-order valence-corrected chi connectivity index (χ1v) is 10.3. The lowest BCUT2D eigenvalue weighted by molar-refractivity contribution is -0.141. The first-order chi connectivity index (χ1) is 15.0. The van der Waals surface area contributed by atoms with Crippen LogP contribution in [0.1, 0.15) is 24.9 Å². The zero-order valence-electron chi connectivity index (χ0n) is 17.6. The van der Waals surface area contributed by atoms with Gasteiger partial charge in [-0.2, -0.15) is 0 Å². The number of anilines is 1. The SMILES string of the molecule is C[C@@H](NC(=O)C(=O)NNC(=O)CCN1CCN(c2ccccc2)CC1)c1cccnc1. The van der Waals surface area contributed by atoms with E-state index in [2.05, 4.69) is 43.1 Å². The van der Waals surface area contributed by atoms with Crippen molar-refractivity contribution >= 4 is 23.4 Å². The largest absolute Gasteiger partial charge is 0.369 e. The van der Waals surface area contributed by atoms with Crippen LogP contribution in [0.2, 0.25) is 0 Å². The summed E-state index contributed by atoms with van der Waals surface area (Å²) in [6.45, 7) is 5.87. The summed E-state index contributed by atoms with van der Waals surface area (Å²) >= 11 is 0. The van der Waals surface area contributed by atoms with Crippen LogP contribution in [-0.2, 0) is 14.4 Å². The predicted octanol–water partition coefficient (Wildman–Crippen LogP) is 0.619. The number of hydrazine groups is 1. The van der Waals surface area contributed by atoms with Crippen LogP contribution < -0.4 is 21.1 Å². The lowest BCUT2D eigenvalue weighted by Gasteiger charge is -2.36. The van der Waals surface area contributed by atoms with E-state index in [4.69, 9.17) is 0 Å². The van der Waals surface area contributed by atoms with Crippen molar-refractivity contribution in [3.63, 3.8) is 0 Å². The van der Waals surface area contributed by atoms with Crippen LogP contribution in [0.5, 0.6) is 0 Å². The van der Waals surface area contributed by atoms with Gasteiger partial charge in [-0.3, -0.25) is 35.1 Å². The van der Waals surface area contributed by atoms with E-state index in [0.717, 1.165) is 31.7 Å².